The van der Waals surface area contributed by atoms with Crippen LogP contribution >= 0.6 is 0 Å². The highest BCUT2D eigenvalue weighted by atomic mass is 16.5. The van der Waals surface area contributed by atoms with Crippen LogP contribution in [0.2, 0.25) is 0 Å². The summed E-state index contributed by atoms with van der Waals surface area (Å²) in [6, 6.07) is 5.43. The zero-order chi connectivity index (χ0) is 16.1. The van der Waals surface area contributed by atoms with Gasteiger partial charge in [-0.2, -0.15) is 0 Å². The molecule has 1 aromatic rings. The summed E-state index contributed by atoms with van der Waals surface area (Å²) in [4.78, 5) is 22.8. The van der Waals surface area contributed by atoms with Gasteiger partial charge < -0.3 is 19.9 Å². The van der Waals surface area contributed by atoms with Gasteiger partial charge in [0.25, 0.3) is 5.91 Å². The van der Waals surface area contributed by atoms with E-state index in [0.717, 1.165) is 5.56 Å². The Kier molecular flexibility index (Phi) is 5.04. The molecule has 1 heterocycles. The molecule has 0 bridgehead atoms. The van der Waals surface area contributed by atoms with E-state index in [2.05, 4.69) is 5.32 Å². The van der Waals surface area contributed by atoms with Gasteiger partial charge in [0.2, 0.25) is 0 Å². The lowest BCUT2D eigenvalue weighted by Crippen LogP contribution is -2.34. The average molecular weight is 305 g/mol. The summed E-state index contributed by atoms with van der Waals surface area (Å²) in [5, 5.41) is 11.4. The molecule has 22 heavy (non-hydrogen) atoms. The maximum atomic E-state index is 12.1. The SMILES string of the molecule is CCOc1ccc2c(c1)C=C(C(=O)NCC(C)C(=O)O)CO2. The van der Waals surface area contributed by atoms with Crippen LogP contribution in [0.5, 0.6) is 11.5 Å². The maximum Gasteiger partial charge on any atom is 0.308 e. The molecule has 1 aliphatic heterocycles. The number of carboxylic acid groups (broad SMARTS) is 1. The minimum absolute atomic E-state index is 0.0807. The Hall–Kier alpha value is -2.50. The van der Waals surface area contributed by atoms with Crippen LogP contribution < -0.4 is 14.8 Å². The number of carboxylic acids is 1. The number of ether oxygens (including phenoxy) is 2. The van der Waals surface area contributed by atoms with E-state index in [1.165, 1.54) is 6.92 Å². The number of fused-ring (bicyclic) bond motifs is 1. The number of hydrogen-bond acceptors (Lipinski definition) is 4. The minimum Gasteiger partial charge on any atom is -0.494 e. The Morgan fingerprint density at radius 1 is 1.45 bits per heavy atom. The molecule has 1 atom stereocenters. The summed E-state index contributed by atoms with van der Waals surface area (Å²) in [5.41, 5.74) is 1.23. The normalized spacial score (nSPS) is 14.2. The smallest absolute Gasteiger partial charge is 0.308 e. The fraction of sp³-hybridized carbons (Fsp3) is 0.375. The van der Waals surface area contributed by atoms with Crippen molar-refractivity contribution in [3.05, 3.63) is 29.3 Å². The van der Waals surface area contributed by atoms with E-state index in [0.29, 0.717) is 23.7 Å². The number of nitrogens with one attached hydrogen (secondary N) is 1. The summed E-state index contributed by atoms with van der Waals surface area (Å²) < 4.78 is 11.0. The molecule has 0 aromatic heterocycles. The van der Waals surface area contributed by atoms with Crippen molar-refractivity contribution in [3.63, 3.8) is 0 Å². The first-order chi connectivity index (χ1) is 10.5. The molecule has 0 saturated heterocycles. The number of rotatable bonds is 6. The molecule has 6 heteroatoms. The highest BCUT2D eigenvalue weighted by molar-refractivity contribution is 5.99. The number of amides is 1. The zero-order valence-corrected chi connectivity index (χ0v) is 12.6. The molecule has 6 nitrogen and oxygen atoms in total. The predicted octanol–water partition coefficient (Wildman–Crippen LogP) is 1.70. The first kappa shape index (κ1) is 15.9. The Bertz CT molecular complexity index is 609. The molecule has 118 valence electrons. The van der Waals surface area contributed by atoms with Gasteiger partial charge in [-0.3, -0.25) is 9.59 Å². The van der Waals surface area contributed by atoms with Crippen LogP contribution in [-0.4, -0.2) is 36.7 Å². The lowest BCUT2D eigenvalue weighted by atomic mass is 10.1. The summed E-state index contributed by atoms with van der Waals surface area (Å²) in [7, 11) is 0. The number of benzene rings is 1. The second-order valence-corrected chi connectivity index (χ2v) is 5.04. The van der Waals surface area contributed by atoms with Crippen LogP contribution in [0.1, 0.15) is 19.4 Å². The van der Waals surface area contributed by atoms with Crippen LogP contribution in [0.4, 0.5) is 0 Å². The second kappa shape index (κ2) is 6.98. The molecule has 2 N–H and O–H groups in total. The highest BCUT2D eigenvalue weighted by Crippen LogP contribution is 2.30. The van der Waals surface area contributed by atoms with Gasteiger partial charge in [-0.25, -0.2) is 0 Å². The largest absolute Gasteiger partial charge is 0.494 e. The molecule has 2 rings (SSSR count). The Labute approximate surface area is 128 Å². The summed E-state index contributed by atoms with van der Waals surface area (Å²) >= 11 is 0. The predicted molar refractivity (Wildman–Crippen MR) is 80.9 cm³/mol. The van der Waals surface area contributed by atoms with E-state index < -0.39 is 11.9 Å². The number of carbonyl (C=O) groups is 2. The number of hydrogen-bond donors (Lipinski definition) is 2. The van der Waals surface area contributed by atoms with Gasteiger partial charge in [-0.05, 0) is 31.2 Å². The lowest BCUT2D eigenvalue weighted by molar-refractivity contribution is -0.141. The van der Waals surface area contributed by atoms with Crippen LogP contribution in [0.15, 0.2) is 23.8 Å². The van der Waals surface area contributed by atoms with E-state index in [1.807, 2.05) is 19.1 Å². The fourth-order valence-electron chi connectivity index (χ4n) is 1.99. The van der Waals surface area contributed by atoms with Crippen molar-refractivity contribution in [2.75, 3.05) is 19.8 Å². The van der Waals surface area contributed by atoms with Gasteiger partial charge in [-0.1, -0.05) is 6.92 Å². The fourth-order valence-corrected chi connectivity index (χ4v) is 1.99. The molecule has 1 amide bonds. The Morgan fingerprint density at radius 3 is 2.91 bits per heavy atom. The van der Waals surface area contributed by atoms with Crippen LogP contribution in [0, 0.1) is 5.92 Å². The van der Waals surface area contributed by atoms with E-state index in [1.54, 1.807) is 12.1 Å². The topological polar surface area (TPSA) is 84.9 Å². The lowest BCUT2D eigenvalue weighted by Gasteiger charge is -2.19. The quantitative estimate of drug-likeness (QED) is 0.835. The van der Waals surface area contributed by atoms with Crippen molar-refractivity contribution in [2.24, 2.45) is 5.92 Å². The van der Waals surface area contributed by atoms with Crippen molar-refractivity contribution in [1.82, 2.24) is 5.32 Å². The van der Waals surface area contributed by atoms with Crippen molar-refractivity contribution >= 4 is 18.0 Å². The van der Waals surface area contributed by atoms with Crippen molar-refractivity contribution in [2.45, 2.75) is 13.8 Å². The second-order valence-electron chi connectivity index (χ2n) is 5.04. The van der Waals surface area contributed by atoms with Gasteiger partial charge in [0, 0.05) is 12.1 Å². The molecule has 1 unspecified atom stereocenters. The first-order valence-electron chi connectivity index (χ1n) is 7.12. The van der Waals surface area contributed by atoms with Crippen LogP contribution in [0.3, 0.4) is 0 Å². The monoisotopic (exact) mass is 305 g/mol. The Morgan fingerprint density at radius 2 is 2.23 bits per heavy atom. The number of carbonyl (C=O) groups excluding carboxylic acids is 1. The van der Waals surface area contributed by atoms with Crippen molar-refractivity contribution < 1.29 is 24.2 Å². The van der Waals surface area contributed by atoms with E-state index in [4.69, 9.17) is 14.6 Å². The molecule has 0 spiro atoms. The van der Waals surface area contributed by atoms with Gasteiger partial charge in [0.15, 0.2) is 0 Å². The summed E-state index contributed by atoms with van der Waals surface area (Å²) in [6.45, 7) is 4.24. The minimum atomic E-state index is -0.944. The zero-order valence-electron chi connectivity index (χ0n) is 12.6. The van der Waals surface area contributed by atoms with E-state index >= 15 is 0 Å². The van der Waals surface area contributed by atoms with Crippen molar-refractivity contribution in [3.8, 4) is 11.5 Å². The molecule has 1 aromatic carbocycles. The summed E-state index contributed by atoms with van der Waals surface area (Å²) in [6.07, 6.45) is 1.74. The average Bonchev–Trinajstić information content (AvgIpc) is 2.51. The van der Waals surface area contributed by atoms with Gasteiger partial charge in [-0.15, -0.1) is 0 Å². The molecule has 1 aliphatic rings. The molecular formula is C16H19NO5. The van der Waals surface area contributed by atoms with E-state index in [-0.39, 0.29) is 19.1 Å². The molecule has 0 saturated carbocycles. The maximum absolute atomic E-state index is 12.1. The van der Waals surface area contributed by atoms with E-state index in [9.17, 15) is 9.59 Å². The van der Waals surface area contributed by atoms with Gasteiger partial charge in [0.05, 0.1) is 18.1 Å². The number of aliphatic carboxylic acids is 1. The molecule has 0 radical (unpaired) electrons. The molecule has 0 fully saturated rings. The van der Waals surface area contributed by atoms with Crippen molar-refractivity contribution in [1.29, 1.82) is 0 Å². The van der Waals surface area contributed by atoms with Gasteiger partial charge >= 0.3 is 5.97 Å². The third-order valence-corrected chi connectivity index (χ3v) is 3.29. The Balaban J connectivity index is 2.08. The summed E-state index contributed by atoms with van der Waals surface area (Å²) in [5.74, 6) is -0.492. The molecule has 0 aliphatic carbocycles. The van der Waals surface area contributed by atoms with Crippen LogP contribution in [-0.2, 0) is 9.59 Å². The highest BCUT2D eigenvalue weighted by Gasteiger charge is 2.19. The first-order valence-corrected chi connectivity index (χ1v) is 7.12. The third-order valence-electron chi connectivity index (χ3n) is 3.29. The standard InChI is InChI=1S/C16H19NO5/c1-3-21-13-4-5-14-11(7-13)6-12(9-22-14)15(18)17-8-10(2)16(19)20/h4-7,10H,3,8-9H2,1-2H3,(H,17,18)(H,19,20). The van der Waals surface area contributed by atoms with Gasteiger partial charge in [0.1, 0.15) is 18.1 Å². The molecular weight excluding hydrogens is 286 g/mol. The third kappa shape index (κ3) is 3.78. The van der Waals surface area contributed by atoms with Crippen LogP contribution in [0.25, 0.3) is 6.08 Å².